The Hall–Kier alpha value is -1.98. The summed E-state index contributed by atoms with van der Waals surface area (Å²) in [5.74, 6) is -1.37. The van der Waals surface area contributed by atoms with Gasteiger partial charge < -0.3 is 10.0 Å². The predicted octanol–water partition coefficient (Wildman–Crippen LogP) is 3.59. The average molecular weight is 605 g/mol. The summed E-state index contributed by atoms with van der Waals surface area (Å²) in [7, 11) is 0. The van der Waals surface area contributed by atoms with Gasteiger partial charge >= 0.3 is 5.97 Å². The molecule has 2 heterocycles. The van der Waals surface area contributed by atoms with Gasteiger partial charge in [-0.05, 0) is 30.9 Å². The molecule has 1 saturated carbocycles. The summed E-state index contributed by atoms with van der Waals surface area (Å²) in [6.07, 6.45) is 4.33. The van der Waals surface area contributed by atoms with E-state index in [1.165, 1.54) is 17.8 Å². The van der Waals surface area contributed by atoms with Crippen molar-refractivity contribution in [2.45, 2.75) is 43.9 Å². The molecule has 0 spiro atoms. The van der Waals surface area contributed by atoms with E-state index in [-0.39, 0.29) is 78.1 Å². The molecule has 1 N–H and O–H groups in total. The molecular weight excluding hydrogens is 568 g/mol. The van der Waals surface area contributed by atoms with Gasteiger partial charge in [-0.15, -0.1) is 24.8 Å². The van der Waals surface area contributed by atoms with Gasteiger partial charge in [-0.25, -0.2) is 4.39 Å². The number of piperidine rings is 1. The zero-order valence-electron chi connectivity index (χ0n) is 21.9. The molecule has 1 aromatic rings. The number of carboxylic acid groups (broad SMARTS) is 1. The first-order valence-corrected chi connectivity index (χ1v) is 13.7. The monoisotopic (exact) mass is 603 g/mol. The molecule has 1 aromatic carbocycles. The van der Waals surface area contributed by atoms with Crippen molar-refractivity contribution in [1.82, 2.24) is 14.7 Å². The number of Topliss-reactive ketones (excluding diaryl/α,β-unsaturated/α-hetero) is 1. The van der Waals surface area contributed by atoms with Gasteiger partial charge in [0, 0.05) is 62.9 Å². The Kier molecular flexibility index (Phi) is 12.9. The fourth-order valence-electron chi connectivity index (χ4n) is 5.08. The molecule has 8 nitrogen and oxygen atoms in total. The summed E-state index contributed by atoms with van der Waals surface area (Å²) in [6, 6.07) is 5.81. The number of benzene rings is 1. The summed E-state index contributed by atoms with van der Waals surface area (Å²) in [4.78, 5) is 54.2. The van der Waals surface area contributed by atoms with Crippen LogP contribution in [0.25, 0.3) is 0 Å². The molecular formula is C27H36Cl2FN3O5S. The Balaban J connectivity index is 0.00000267. The van der Waals surface area contributed by atoms with Gasteiger partial charge in [0.1, 0.15) is 5.82 Å². The normalized spacial score (nSPS) is 22.1. The minimum Gasteiger partial charge on any atom is -0.481 e. The molecule has 2 aliphatic heterocycles. The first-order valence-electron chi connectivity index (χ1n) is 12.8. The third-order valence-corrected chi connectivity index (χ3v) is 8.36. The maximum atomic E-state index is 14.8. The van der Waals surface area contributed by atoms with Crippen molar-refractivity contribution >= 4 is 59.4 Å². The second-order valence-electron chi connectivity index (χ2n) is 10.00. The Morgan fingerprint density at radius 1 is 1.10 bits per heavy atom. The second-order valence-corrected chi connectivity index (χ2v) is 11.4. The van der Waals surface area contributed by atoms with E-state index >= 15 is 0 Å². The van der Waals surface area contributed by atoms with E-state index in [4.69, 9.17) is 5.11 Å². The lowest BCUT2D eigenvalue weighted by molar-refractivity contribution is -0.140. The highest BCUT2D eigenvalue weighted by Gasteiger charge is 2.41. The molecule has 2 unspecified atom stereocenters. The van der Waals surface area contributed by atoms with Crippen LogP contribution in [-0.4, -0.2) is 93.6 Å². The number of halogens is 3. The summed E-state index contributed by atoms with van der Waals surface area (Å²) < 4.78 is 14.8. The van der Waals surface area contributed by atoms with Crippen molar-refractivity contribution in [2.75, 3.05) is 45.8 Å². The molecule has 2 atom stereocenters. The average Bonchev–Trinajstić information content (AvgIpc) is 3.70. The van der Waals surface area contributed by atoms with E-state index in [0.29, 0.717) is 44.7 Å². The lowest BCUT2D eigenvalue weighted by atomic mass is 9.93. The van der Waals surface area contributed by atoms with E-state index < -0.39 is 12.0 Å². The first-order chi connectivity index (χ1) is 17.7. The molecule has 12 heteroatoms. The summed E-state index contributed by atoms with van der Waals surface area (Å²) in [5, 5.41) is 8.88. The zero-order valence-corrected chi connectivity index (χ0v) is 24.4. The van der Waals surface area contributed by atoms with Crippen molar-refractivity contribution in [1.29, 1.82) is 0 Å². The summed E-state index contributed by atoms with van der Waals surface area (Å²) >= 11 is 1.28. The van der Waals surface area contributed by atoms with Crippen LogP contribution in [0.4, 0.5) is 4.39 Å². The van der Waals surface area contributed by atoms with Crippen molar-refractivity contribution in [3.05, 3.63) is 47.3 Å². The van der Waals surface area contributed by atoms with Crippen LogP contribution in [-0.2, 0) is 19.2 Å². The number of carbonyl (C=O) groups is 4. The molecule has 3 aliphatic rings. The molecule has 0 bridgehead atoms. The highest BCUT2D eigenvalue weighted by molar-refractivity contribution is 8.14. The number of carbonyl (C=O) groups excluding carboxylic acids is 3. The summed E-state index contributed by atoms with van der Waals surface area (Å²) in [5.41, 5.74) is 1.41. The number of thioether (sulfide) groups is 1. The second kappa shape index (κ2) is 15.1. The Bertz CT molecular complexity index is 1090. The van der Waals surface area contributed by atoms with Crippen LogP contribution >= 0.6 is 36.6 Å². The Labute approximate surface area is 245 Å². The first kappa shape index (κ1) is 33.2. The lowest BCUT2D eigenvalue weighted by Crippen LogP contribution is -2.50. The minimum absolute atomic E-state index is 0. The topological polar surface area (TPSA) is 98.2 Å². The molecule has 3 fully saturated rings. The largest absolute Gasteiger partial charge is 0.481 e. The molecule has 2 saturated heterocycles. The van der Waals surface area contributed by atoms with Crippen molar-refractivity contribution in [2.24, 2.45) is 5.92 Å². The number of hydrogen-bond acceptors (Lipinski definition) is 7. The van der Waals surface area contributed by atoms with Gasteiger partial charge in [0.2, 0.25) is 5.91 Å². The number of piperazine rings is 1. The highest BCUT2D eigenvalue weighted by atomic mass is 35.5. The van der Waals surface area contributed by atoms with Crippen LogP contribution in [0, 0.1) is 11.7 Å². The Morgan fingerprint density at radius 3 is 2.44 bits per heavy atom. The van der Waals surface area contributed by atoms with Crippen LogP contribution in [0.3, 0.4) is 0 Å². The Morgan fingerprint density at radius 2 is 1.82 bits per heavy atom. The van der Waals surface area contributed by atoms with E-state index in [1.54, 1.807) is 30.0 Å². The smallest absolute Gasteiger partial charge is 0.305 e. The van der Waals surface area contributed by atoms with Crippen LogP contribution < -0.4 is 0 Å². The molecule has 1 amide bonds. The van der Waals surface area contributed by atoms with Gasteiger partial charge in [-0.1, -0.05) is 36.0 Å². The van der Waals surface area contributed by atoms with Gasteiger partial charge in [-0.3, -0.25) is 29.0 Å². The molecule has 0 aromatic heterocycles. The van der Waals surface area contributed by atoms with Crippen molar-refractivity contribution in [3.8, 4) is 0 Å². The van der Waals surface area contributed by atoms with E-state index in [1.807, 2.05) is 15.9 Å². The maximum absolute atomic E-state index is 14.8. The number of amides is 1. The van der Waals surface area contributed by atoms with Crippen LogP contribution in [0.15, 0.2) is 35.9 Å². The van der Waals surface area contributed by atoms with E-state index in [9.17, 15) is 23.6 Å². The number of ketones is 1. The number of likely N-dealkylation sites (tertiary alicyclic amines) is 1. The quantitative estimate of drug-likeness (QED) is 0.405. The number of aliphatic carboxylic acids is 1. The zero-order chi connectivity index (χ0) is 26.5. The van der Waals surface area contributed by atoms with Gasteiger partial charge in [-0.2, -0.15) is 0 Å². The minimum atomic E-state index is -0.926. The number of rotatable bonds is 10. The van der Waals surface area contributed by atoms with Crippen LogP contribution in [0.2, 0.25) is 0 Å². The van der Waals surface area contributed by atoms with E-state index in [0.717, 1.165) is 18.4 Å². The van der Waals surface area contributed by atoms with E-state index in [2.05, 4.69) is 0 Å². The number of hydrogen-bond donors (Lipinski definition) is 1. The van der Waals surface area contributed by atoms with Crippen molar-refractivity contribution < 1.29 is 28.7 Å². The van der Waals surface area contributed by atoms with Gasteiger partial charge in [0.15, 0.2) is 10.9 Å². The molecule has 39 heavy (non-hydrogen) atoms. The van der Waals surface area contributed by atoms with Crippen LogP contribution in [0.5, 0.6) is 0 Å². The van der Waals surface area contributed by atoms with Gasteiger partial charge in [0.25, 0.3) is 0 Å². The van der Waals surface area contributed by atoms with Crippen LogP contribution in [0.1, 0.15) is 44.2 Å². The fourth-order valence-corrected chi connectivity index (χ4v) is 6.03. The highest BCUT2D eigenvalue weighted by Crippen LogP contribution is 2.40. The molecule has 4 rings (SSSR count). The standard InChI is InChI=1S/C27H34FN3O5S.2ClH/c1-18(32)37-23-9-12-31(26(27(36)19-6-7-19)21-4-2-3-5-22(21)28)16-20(23)8-11-29-14-15-30(24(33)17-29)13-10-25(34)35;;/h2-5,8,19,23,26H,6-7,9-17H2,1H3,(H,34,35);2*1H/b20-8+;;. The molecule has 216 valence electrons. The maximum Gasteiger partial charge on any atom is 0.305 e. The third kappa shape index (κ3) is 9.01. The SMILES string of the molecule is CC(=O)SC1CCN(C(C(=O)C2CC2)c2ccccc2F)C/C1=C\CN1CCN(CCC(=O)O)C(=O)C1.Cl.Cl. The molecule has 1 aliphatic carbocycles. The number of nitrogens with zero attached hydrogens (tertiary/aromatic N) is 3. The molecule has 0 radical (unpaired) electrons. The van der Waals surface area contributed by atoms with Crippen molar-refractivity contribution in [3.63, 3.8) is 0 Å². The van der Waals surface area contributed by atoms with Gasteiger partial charge in [0.05, 0.1) is 19.0 Å². The fraction of sp³-hybridized carbons (Fsp3) is 0.556. The third-order valence-electron chi connectivity index (χ3n) is 7.21. The number of carboxylic acids is 1. The summed E-state index contributed by atoms with van der Waals surface area (Å²) in [6.45, 7) is 4.60. The lowest BCUT2D eigenvalue weighted by Gasteiger charge is -2.39. The predicted molar refractivity (Wildman–Crippen MR) is 153 cm³/mol.